The molecule has 1 aliphatic rings. The highest BCUT2D eigenvalue weighted by Gasteiger charge is 2.35. The average molecular weight is 530 g/mol. The molecule has 4 aromatic rings. The lowest BCUT2D eigenvalue weighted by Crippen LogP contribution is -2.36. The van der Waals surface area contributed by atoms with Gasteiger partial charge in [0.1, 0.15) is 5.84 Å². The number of fused-ring (bicyclic) bond motifs is 1. The molecule has 2 nitrogen and oxygen atoms in total. The molecule has 0 aliphatic carbocycles. The average Bonchev–Trinajstić information content (AvgIpc) is 3.25. The number of hydrogen-bond acceptors (Lipinski definition) is 2. The van der Waals surface area contributed by atoms with Gasteiger partial charge in [-0.2, -0.15) is 0 Å². The lowest BCUT2D eigenvalue weighted by molar-refractivity contribution is 0.338. The third-order valence-electron chi connectivity index (χ3n) is 6.36. The molecule has 160 valence electrons. The van der Waals surface area contributed by atoms with Gasteiger partial charge < -0.3 is 4.90 Å². The Labute approximate surface area is 204 Å². The van der Waals surface area contributed by atoms with Crippen LogP contribution in [-0.4, -0.2) is 23.3 Å². The quantitative estimate of drug-likeness (QED) is 0.247. The molecule has 0 radical (unpaired) electrons. The predicted molar refractivity (Wildman–Crippen MR) is 143 cm³/mol. The molecule has 0 unspecified atom stereocenters. The van der Waals surface area contributed by atoms with Crippen molar-refractivity contribution in [3.8, 4) is 0 Å². The maximum absolute atomic E-state index is 5.36. The molecule has 0 fully saturated rings. The van der Waals surface area contributed by atoms with E-state index in [4.69, 9.17) is 4.99 Å². The van der Waals surface area contributed by atoms with Crippen molar-refractivity contribution >= 4 is 39.2 Å². The second kappa shape index (κ2) is 9.07. The zero-order valence-electron chi connectivity index (χ0n) is 18.4. The van der Waals surface area contributed by atoms with E-state index >= 15 is 0 Å². The Kier molecular flexibility index (Phi) is 6.01. The number of rotatable bonds is 5. The van der Waals surface area contributed by atoms with Crippen molar-refractivity contribution in [3.63, 3.8) is 0 Å². The molecular weight excluding hydrogens is 503 g/mol. The van der Waals surface area contributed by atoms with Gasteiger partial charge in [-0.05, 0) is 56.5 Å². The van der Waals surface area contributed by atoms with Crippen molar-refractivity contribution in [1.82, 2.24) is 4.90 Å². The Morgan fingerprint density at radius 3 is 2.00 bits per heavy atom. The van der Waals surface area contributed by atoms with E-state index in [1.54, 1.807) is 0 Å². The smallest absolute Gasteiger partial charge is 0.133 e. The number of nitrogens with zero attached hydrogens (tertiary/aromatic N) is 2. The van der Waals surface area contributed by atoms with Crippen molar-refractivity contribution in [2.75, 3.05) is 6.54 Å². The number of benzene rings is 4. The molecule has 0 aromatic heterocycles. The Balaban J connectivity index is 1.72. The van der Waals surface area contributed by atoms with E-state index in [9.17, 15) is 0 Å². The zero-order valence-corrected chi connectivity index (χ0v) is 20.6. The van der Waals surface area contributed by atoms with Crippen molar-refractivity contribution in [1.29, 1.82) is 0 Å². The van der Waals surface area contributed by atoms with E-state index in [-0.39, 0.29) is 12.1 Å². The van der Waals surface area contributed by atoms with Crippen LogP contribution in [0, 0.1) is 9.49 Å². The highest BCUT2D eigenvalue weighted by molar-refractivity contribution is 14.1. The lowest BCUT2D eigenvalue weighted by Gasteiger charge is -2.33. The van der Waals surface area contributed by atoms with E-state index in [1.165, 1.54) is 31.0 Å². The third kappa shape index (κ3) is 3.95. The Morgan fingerprint density at radius 2 is 1.38 bits per heavy atom. The van der Waals surface area contributed by atoms with E-state index in [1.807, 2.05) is 0 Å². The summed E-state index contributed by atoms with van der Waals surface area (Å²) in [5.41, 5.74) is 3.85. The number of halogens is 1. The highest BCUT2D eigenvalue weighted by Crippen LogP contribution is 2.37. The van der Waals surface area contributed by atoms with E-state index < -0.39 is 0 Å². The summed E-state index contributed by atoms with van der Waals surface area (Å²) in [5.74, 6) is 1.59. The van der Waals surface area contributed by atoms with Crippen LogP contribution >= 0.6 is 22.6 Å². The summed E-state index contributed by atoms with van der Waals surface area (Å²) in [6.07, 6.45) is 0. The van der Waals surface area contributed by atoms with Gasteiger partial charge in [0.25, 0.3) is 0 Å². The molecule has 0 amide bonds. The van der Waals surface area contributed by atoms with Crippen LogP contribution in [0.3, 0.4) is 0 Å². The standard InChI is InChI=1S/C29H27IN2/c1-20(2)26-19-32(28(22-12-5-3-6-13-22)23-14-7-4-8-15-23)29(31-26)27-24-16-10-9-11-21(24)17-18-25(27)30/h3-18,20,26,28H,19H2,1-2H3/t26-/m1/s1. The second-order valence-electron chi connectivity index (χ2n) is 8.78. The van der Waals surface area contributed by atoms with Crippen LogP contribution in [0.15, 0.2) is 102 Å². The molecule has 1 aliphatic heterocycles. The van der Waals surface area contributed by atoms with Crippen LogP contribution in [-0.2, 0) is 0 Å². The van der Waals surface area contributed by atoms with Crippen LogP contribution in [0.25, 0.3) is 10.8 Å². The van der Waals surface area contributed by atoms with Gasteiger partial charge in [-0.15, -0.1) is 0 Å². The number of hydrogen-bond donors (Lipinski definition) is 0. The van der Waals surface area contributed by atoms with Gasteiger partial charge in [0.2, 0.25) is 0 Å². The maximum atomic E-state index is 5.36. The summed E-state index contributed by atoms with van der Waals surface area (Å²) >= 11 is 2.48. The fraction of sp³-hybridized carbons (Fsp3) is 0.207. The van der Waals surface area contributed by atoms with Crippen LogP contribution < -0.4 is 0 Å². The Bertz CT molecular complexity index is 1210. The zero-order chi connectivity index (χ0) is 22.1. The minimum Gasteiger partial charge on any atom is -0.343 e. The lowest BCUT2D eigenvalue weighted by atomic mass is 9.95. The highest BCUT2D eigenvalue weighted by atomic mass is 127. The van der Waals surface area contributed by atoms with Gasteiger partial charge in [0.05, 0.1) is 12.1 Å². The monoisotopic (exact) mass is 530 g/mol. The van der Waals surface area contributed by atoms with Crippen molar-refractivity contribution in [2.45, 2.75) is 25.9 Å². The van der Waals surface area contributed by atoms with Crippen molar-refractivity contribution in [3.05, 3.63) is 117 Å². The first-order valence-electron chi connectivity index (χ1n) is 11.3. The van der Waals surface area contributed by atoms with E-state index in [0.29, 0.717) is 5.92 Å². The van der Waals surface area contributed by atoms with Gasteiger partial charge in [0.15, 0.2) is 0 Å². The topological polar surface area (TPSA) is 15.6 Å². The summed E-state index contributed by atoms with van der Waals surface area (Å²) in [4.78, 5) is 7.90. The Hall–Kier alpha value is -2.66. The van der Waals surface area contributed by atoms with Gasteiger partial charge >= 0.3 is 0 Å². The third-order valence-corrected chi connectivity index (χ3v) is 7.26. The normalized spacial score (nSPS) is 16.2. The molecule has 4 aromatic carbocycles. The molecular formula is C29H27IN2. The van der Waals surface area contributed by atoms with Crippen LogP contribution in [0.4, 0.5) is 0 Å². The second-order valence-corrected chi connectivity index (χ2v) is 9.95. The van der Waals surface area contributed by atoms with E-state index in [0.717, 1.165) is 12.4 Å². The van der Waals surface area contributed by atoms with Crippen LogP contribution in [0.5, 0.6) is 0 Å². The molecule has 0 bridgehead atoms. The maximum Gasteiger partial charge on any atom is 0.133 e. The molecule has 1 heterocycles. The molecule has 32 heavy (non-hydrogen) atoms. The Morgan fingerprint density at radius 1 is 0.781 bits per heavy atom. The first-order chi connectivity index (χ1) is 15.6. The molecule has 3 heteroatoms. The first-order valence-corrected chi connectivity index (χ1v) is 12.3. The van der Waals surface area contributed by atoms with Gasteiger partial charge in [-0.3, -0.25) is 4.99 Å². The van der Waals surface area contributed by atoms with Gasteiger partial charge in [0, 0.05) is 15.7 Å². The minimum absolute atomic E-state index is 0.120. The molecule has 0 saturated heterocycles. The molecule has 0 N–H and O–H groups in total. The number of aliphatic imine (C=N–C) groups is 1. The first kappa shape index (κ1) is 21.2. The molecule has 1 atom stereocenters. The van der Waals surface area contributed by atoms with E-state index in [2.05, 4.69) is 138 Å². The van der Waals surface area contributed by atoms with Crippen LogP contribution in [0.1, 0.15) is 36.6 Å². The fourth-order valence-electron chi connectivity index (χ4n) is 4.65. The van der Waals surface area contributed by atoms with Crippen molar-refractivity contribution < 1.29 is 0 Å². The number of amidine groups is 1. The largest absolute Gasteiger partial charge is 0.343 e. The minimum atomic E-state index is 0.120. The molecule has 0 saturated carbocycles. The van der Waals surface area contributed by atoms with Gasteiger partial charge in [-0.25, -0.2) is 0 Å². The van der Waals surface area contributed by atoms with Gasteiger partial charge in [-0.1, -0.05) is 105 Å². The fourth-order valence-corrected chi connectivity index (χ4v) is 5.36. The SMILES string of the molecule is CC(C)[C@H]1CN(C(c2ccccc2)c2ccccc2)C(c2c(I)ccc3ccccc23)=N1. The van der Waals surface area contributed by atoms with Crippen molar-refractivity contribution in [2.24, 2.45) is 10.9 Å². The summed E-state index contributed by atoms with van der Waals surface area (Å²) in [5, 5.41) is 2.53. The summed E-state index contributed by atoms with van der Waals surface area (Å²) < 4.78 is 1.24. The predicted octanol–water partition coefficient (Wildman–Crippen LogP) is 7.32. The summed E-state index contributed by atoms with van der Waals surface area (Å²) in [6.45, 7) is 5.48. The summed E-state index contributed by atoms with van der Waals surface area (Å²) in [7, 11) is 0. The molecule has 0 spiro atoms. The summed E-state index contributed by atoms with van der Waals surface area (Å²) in [6, 6.07) is 35.2. The van der Waals surface area contributed by atoms with Crippen LogP contribution in [0.2, 0.25) is 0 Å². The molecule has 5 rings (SSSR count).